The summed E-state index contributed by atoms with van der Waals surface area (Å²) in [6.07, 6.45) is 3.01. The largest absolute Gasteiger partial charge is 0.376 e. The predicted molar refractivity (Wildman–Crippen MR) is 72.7 cm³/mol. The number of rotatable bonds is 5. The molecule has 1 aliphatic heterocycles. The van der Waals surface area contributed by atoms with Gasteiger partial charge in [0.05, 0.1) is 18.9 Å². The van der Waals surface area contributed by atoms with Gasteiger partial charge in [-0.2, -0.15) is 0 Å². The average molecular weight is 249 g/mol. The van der Waals surface area contributed by atoms with E-state index >= 15 is 0 Å². The molecular weight excluding hydrogens is 226 g/mol. The highest BCUT2D eigenvalue weighted by molar-refractivity contribution is 5.47. The molecule has 0 radical (unpaired) electrons. The predicted octanol–water partition coefficient (Wildman–Crippen LogP) is 2.57. The highest BCUT2D eigenvalue weighted by Crippen LogP contribution is 2.22. The van der Waals surface area contributed by atoms with E-state index in [9.17, 15) is 0 Å². The topological polar surface area (TPSA) is 47.0 Å². The van der Waals surface area contributed by atoms with Crippen LogP contribution in [-0.2, 0) is 24.2 Å². The van der Waals surface area contributed by atoms with Gasteiger partial charge in [0.1, 0.15) is 11.6 Å². The quantitative estimate of drug-likeness (QED) is 0.871. The molecule has 0 atom stereocenters. The van der Waals surface area contributed by atoms with Gasteiger partial charge in [0, 0.05) is 24.9 Å². The maximum Gasteiger partial charge on any atom is 0.135 e. The Hall–Kier alpha value is -1.16. The van der Waals surface area contributed by atoms with Crippen molar-refractivity contribution in [1.29, 1.82) is 0 Å². The van der Waals surface area contributed by atoms with E-state index in [0.29, 0.717) is 12.5 Å². The number of hydrogen-bond acceptors (Lipinski definition) is 4. The number of nitrogens with zero attached hydrogens (tertiary/aromatic N) is 2. The molecule has 4 heteroatoms. The molecule has 1 aromatic rings. The molecule has 0 aliphatic carbocycles. The third-order valence-electron chi connectivity index (χ3n) is 3.16. The second-order valence-electron chi connectivity index (χ2n) is 5.18. The van der Waals surface area contributed by atoms with Gasteiger partial charge in [-0.3, -0.25) is 0 Å². The van der Waals surface area contributed by atoms with Crippen molar-refractivity contribution in [2.24, 2.45) is 5.92 Å². The summed E-state index contributed by atoms with van der Waals surface area (Å²) in [5.41, 5.74) is 2.32. The van der Waals surface area contributed by atoms with Gasteiger partial charge in [0.2, 0.25) is 0 Å². The molecule has 0 unspecified atom stereocenters. The lowest BCUT2D eigenvalue weighted by molar-refractivity contribution is 0.109. The molecule has 4 nitrogen and oxygen atoms in total. The van der Waals surface area contributed by atoms with Crippen LogP contribution in [0.25, 0.3) is 0 Å². The molecule has 0 bridgehead atoms. The van der Waals surface area contributed by atoms with Crippen LogP contribution in [0.3, 0.4) is 0 Å². The SMILES string of the molecule is CCNc1nc(CCC(C)C)nc2c1COCC2. The van der Waals surface area contributed by atoms with Crippen LogP contribution < -0.4 is 5.32 Å². The average Bonchev–Trinajstić information content (AvgIpc) is 2.37. The Morgan fingerprint density at radius 1 is 1.33 bits per heavy atom. The molecule has 2 rings (SSSR count). The number of nitrogens with one attached hydrogen (secondary N) is 1. The van der Waals surface area contributed by atoms with Crippen molar-refractivity contribution in [1.82, 2.24) is 9.97 Å². The van der Waals surface area contributed by atoms with Gasteiger partial charge < -0.3 is 10.1 Å². The highest BCUT2D eigenvalue weighted by atomic mass is 16.5. The summed E-state index contributed by atoms with van der Waals surface area (Å²) in [6, 6.07) is 0. The van der Waals surface area contributed by atoms with E-state index in [1.807, 2.05) is 0 Å². The Morgan fingerprint density at radius 2 is 2.17 bits per heavy atom. The first-order valence-electron chi connectivity index (χ1n) is 6.91. The fourth-order valence-corrected chi connectivity index (χ4v) is 2.13. The molecule has 0 amide bonds. The van der Waals surface area contributed by atoms with Gasteiger partial charge in [-0.25, -0.2) is 9.97 Å². The molecule has 0 saturated heterocycles. The summed E-state index contributed by atoms with van der Waals surface area (Å²) in [5.74, 6) is 2.64. The lowest BCUT2D eigenvalue weighted by Gasteiger charge is -2.20. The van der Waals surface area contributed by atoms with Gasteiger partial charge in [0.25, 0.3) is 0 Å². The van der Waals surface area contributed by atoms with E-state index in [-0.39, 0.29) is 0 Å². The van der Waals surface area contributed by atoms with Gasteiger partial charge in [-0.15, -0.1) is 0 Å². The Morgan fingerprint density at radius 3 is 2.89 bits per heavy atom. The standard InChI is InChI=1S/C14H23N3O/c1-4-15-14-11-9-18-8-7-12(11)16-13(17-14)6-5-10(2)3/h10H,4-9H2,1-3H3,(H,15,16,17). The molecule has 100 valence electrons. The molecule has 1 aliphatic rings. The minimum atomic E-state index is 0.641. The van der Waals surface area contributed by atoms with Crippen LogP contribution >= 0.6 is 0 Å². The highest BCUT2D eigenvalue weighted by Gasteiger charge is 2.17. The molecule has 0 aromatic carbocycles. The van der Waals surface area contributed by atoms with Crippen LogP contribution in [0, 0.1) is 5.92 Å². The van der Waals surface area contributed by atoms with Crippen LogP contribution in [0.15, 0.2) is 0 Å². The zero-order chi connectivity index (χ0) is 13.0. The molecule has 0 fully saturated rings. The first kappa shape index (κ1) is 13.3. The Labute approximate surface area is 109 Å². The maximum absolute atomic E-state index is 5.50. The van der Waals surface area contributed by atoms with E-state index in [0.717, 1.165) is 49.6 Å². The number of ether oxygens (including phenoxy) is 1. The Balaban J connectivity index is 2.23. The summed E-state index contributed by atoms with van der Waals surface area (Å²) in [4.78, 5) is 9.34. The lowest BCUT2D eigenvalue weighted by Crippen LogP contribution is -2.18. The van der Waals surface area contributed by atoms with Crippen LogP contribution in [0.1, 0.15) is 44.3 Å². The van der Waals surface area contributed by atoms with Gasteiger partial charge in [0.15, 0.2) is 0 Å². The van der Waals surface area contributed by atoms with Crippen LogP contribution in [-0.4, -0.2) is 23.1 Å². The summed E-state index contributed by atoms with van der Waals surface area (Å²) >= 11 is 0. The summed E-state index contributed by atoms with van der Waals surface area (Å²) in [7, 11) is 0. The zero-order valence-electron chi connectivity index (χ0n) is 11.6. The van der Waals surface area contributed by atoms with Crippen molar-refractivity contribution in [2.45, 2.75) is 46.6 Å². The number of anilines is 1. The Kier molecular flexibility index (Phi) is 4.53. The fraction of sp³-hybridized carbons (Fsp3) is 0.714. The Bertz CT molecular complexity index is 404. The third kappa shape index (κ3) is 3.19. The molecule has 18 heavy (non-hydrogen) atoms. The van der Waals surface area contributed by atoms with Crippen LogP contribution in [0.2, 0.25) is 0 Å². The van der Waals surface area contributed by atoms with Crippen LogP contribution in [0.4, 0.5) is 5.82 Å². The van der Waals surface area contributed by atoms with Crippen molar-refractivity contribution in [2.75, 3.05) is 18.5 Å². The molecule has 1 aromatic heterocycles. The third-order valence-corrected chi connectivity index (χ3v) is 3.16. The van der Waals surface area contributed by atoms with Crippen LogP contribution in [0.5, 0.6) is 0 Å². The fourth-order valence-electron chi connectivity index (χ4n) is 2.13. The lowest BCUT2D eigenvalue weighted by atomic mass is 10.1. The van der Waals surface area contributed by atoms with Gasteiger partial charge >= 0.3 is 0 Å². The molecule has 1 N–H and O–H groups in total. The number of hydrogen-bond donors (Lipinski definition) is 1. The van der Waals surface area contributed by atoms with Crippen molar-refractivity contribution in [3.8, 4) is 0 Å². The van der Waals surface area contributed by atoms with Crippen molar-refractivity contribution >= 4 is 5.82 Å². The van der Waals surface area contributed by atoms with E-state index < -0.39 is 0 Å². The monoisotopic (exact) mass is 249 g/mol. The second-order valence-corrected chi connectivity index (χ2v) is 5.18. The van der Waals surface area contributed by atoms with E-state index in [1.165, 1.54) is 5.69 Å². The van der Waals surface area contributed by atoms with E-state index in [4.69, 9.17) is 9.72 Å². The number of fused-ring (bicyclic) bond motifs is 1. The second kappa shape index (κ2) is 6.14. The van der Waals surface area contributed by atoms with Crippen molar-refractivity contribution in [3.05, 3.63) is 17.1 Å². The van der Waals surface area contributed by atoms with Crippen molar-refractivity contribution in [3.63, 3.8) is 0 Å². The number of aromatic nitrogens is 2. The zero-order valence-corrected chi connectivity index (χ0v) is 11.6. The molecular formula is C14H23N3O. The summed E-state index contributed by atoms with van der Waals surface area (Å²) in [6.45, 7) is 8.86. The molecule has 0 saturated carbocycles. The van der Waals surface area contributed by atoms with Crippen molar-refractivity contribution < 1.29 is 4.74 Å². The first-order valence-corrected chi connectivity index (χ1v) is 6.91. The number of aryl methyl sites for hydroxylation is 1. The van der Waals surface area contributed by atoms with Gasteiger partial charge in [-0.1, -0.05) is 13.8 Å². The first-order chi connectivity index (χ1) is 8.70. The minimum absolute atomic E-state index is 0.641. The smallest absolute Gasteiger partial charge is 0.135 e. The molecule has 2 heterocycles. The normalized spacial score (nSPS) is 14.7. The summed E-state index contributed by atoms with van der Waals surface area (Å²) in [5, 5.41) is 3.33. The minimum Gasteiger partial charge on any atom is -0.376 e. The summed E-state index contributed by atoms with van der Waals surface area (Å²) < 4.78 is 5.50. The van der Waals surface area contributed by atoms with Gasteiger partial charge in [-0.05, 0) is 19.3 Å². The van der Waals surface area contributed by atoms with E-state index in [1.54, 1.807) is 0 Å². The molecule has 0 spiro atoms. The van der Waals surface area contributed by atoms with E-state index in [2.05, 4.69) is 31.1 Å². The maximum atomic E-state index is 5.50.